The molecule has 0 bridgehead atoms. The van der Waals surface area contributed by atoms with Gasteiger partial charge in [-0.15, -0.1) is 0 Å². The second-order valence-electron chi connectivity index (χ2n) is 7.15. The summed E-state index contributed by atoms with van der Waals surface area (Å²) in [6.07, 6.45) is 4.67. The molecule has 3 rings (SSSR count). The van der Waals surface area contributed by atoms with Crippen LogP contribution in [0.1, 0.15) is 39.0 Å². The number of carbonyl (C=O) groups excluding carboxylic acids is 3. The SMILES string of the molecule is CC(C(=O)NC1CC1)N1CCN(C(=O)CN2CCCCC2=O)CC1. The largest absolute Gasteiger partial charge is 0.352 e. The highest BCUT2D eigenvalue weighted by molar-refractivity contribution is 5.85. The first kappa shape index (κ1) is 17.2. The number of nitrogens with zero attached hydrogens (tertiary/aromatic N) is 3. The Hall–Kier alpha value is -1.63. The first-order chi connectivity index (χ1) is 11.5. The summed E-state index contributed by atoms with van der Waals surface area (Å²) in [5.41, 5.74) is 0. The Bertz CT molecular complexity index is 498. The number of piperidine rings is 1. The molecular weight excluding hydrogens is 308 g/mol. The third-order valence-corrected chi connectivity index (χ3v) is 5.27. The van der Waals surface area contributed by atoms with Gasteiger partial charge in [0.1, 0.15) is 0 Å². The van der Waals surface area contributed by atoms with Gasteiger partial charge in [-0.2, -0.15) is 0 Å². The van der Waals surface area contributed by atoms with Crippen LogP contribution in [0.15, 0.2) is 0 Å². The summed E-state index contributed by atoms with van der Waals surface area (Å²) < 4.78 is 0. The number of nitrogens with one attached hydrogen (secondary N) is 1. The van der Waals surface area contributed by atoms with Crippen LogP contribution >= 0.6 is 0 Å². The Balaban J connectivity index is 1.43. The van der Waals surface area contributed by atoms with Crippen molar-refractivity contribution in [2.24, 2.45) is 0 Å². The van der Waals surface area contributed by atoms with Crippen LogP contribution in [-0.2, 0) is 14.4 Å². The highest BCUT2D eigenvalue weighted by Gasteiger charge is 2.31. The predicted octanol–water partition coefficient (Wildman–Crippen LogP) is -0.190. The number of hydrogen-bond donors (Lipinski definition) is 1. The molecule has 3 amide bonds. The summed E-state index contributed by atoms with van der Waals surface area (Å²) in [6.45, 7) is 5.50. The topological polar surface area (TPSA) is 73.0 Å². The van der Waals surface area contributed by atoms with Gasteiger partial charge < -0.3 is 15.1 Å². The van der Waals surface area contributed by atoms with E-state index in [1.807, 2.05) is 11.8 Å². The van der Waals surface area contributed by atoms with E-state index in [0.717, 1.165) is 25.7 Å². The van der Waals surface area contributed by atoms with Gasteiger partial charge in [-0.1, -0.05) is 0 Å². The van der Waals surface area contributed by atoms with Crippen LogP contribution in [0, 0.1) is 0 Å². The lowest BCUT2D eigenvalue weighted by molar-refractivity contribution is -0.143. The number of rotatable bonds is 5. The maximum atomic E-state index is 12.4. The molecule has 0 radical (unpaired) electrons. The summed E-state index contributed by atoms with van der Waals surface area (Å²) in [5, 5.41) is 3.04. The Kier molecular flexibility index (Phi) is 5.38. The molecule has 0 spiro atoms. The fraction of sp³-hybridized carbons (Fsp3) is 0.824. The molecule has 134 valence electrons. The van der Waals surface area contributed by atoms with Gasteiger partial charge in [0.15, 0.2) is 0 Å². The van der Waals surface area contributed by atoms with Crippen molar-refractivity contribution < 1.29 is 14.4 Å². The summed E-state index contributed by atoms with van der Waals surface area (Å²) >= 11 is 0. The molecule has 7 heteroatoms. The van der Waals surface area contributed by atoms with Crippen molar-refractivity contribution in [1.29, 1.82) is 0 Å². The molecule has 0 aromatic heterocycles. The molecule has 1 saturated carbocycles. The maximum Gasteiger partial charge on any atom is 0.242 e. The first-order valence-electron chi connectivity index (χ1n) is 9.14. The summed E-state index contributed by atoms with van der Waals surface area (Å²) in [7, 11) is 0. The highest BCUT2D eigenvalue weighted by atomic mass is 16.2. The molecule has 2 aliphatic heterocycles. The highest BCUT2D eigenvalue weighted by Crippen LogP contribution is 2.19. The van der Waals surface area contributed by atoms with Gasteiger partial charge in [0, 0.05) is 45.2 Å². The van der Waals surface area contributed by atoms with Gasteiger partial charge in [0.05, 0.1) is 12.6 Å². The minimum Gasteiger partial charge on any atom is -0.352 e. The average molecular weight is 336 g/mol. The zero-order valence-electron chi connectivity index (χ0n) is 14.5. The zero-order chi connectivity index (χ0) is 17.1. The van der Waals surface area contributed by atoms with Crippen LogP contribution in [-0.4, -0.2) is 83.8 Å². The predicted molar refractivity (Wildman–Crippen MR) is 89.2 cm³/mol. The molecule has 1 atom stereocenters. The van der Waals surface area contributed by atoms with Crippen LogP contribution in [0.5, 0.6) is 0 Å². The van der Waals surface area contributed by atoms with E-state index in [1.165, 1.54) is 0 Å². The Labute approximate surface area is 143 Å². The van der Waals surface area contributed by atoms with Crippen molar-refractivity contribution in [1.82, 2.24) is 20.0 Å². The van der Waals surface area contributed by atoms with Crippen LogP contribution in [0.25, 0.3) is 0 Å². The van der Waals surface area contributed by atoms with Gasteiger partial charge >= 0.3 is 0 Å². The first-order valence-corrected chi connectivity index (χ1v) is 9.14. The Morgan fingerprint density at radius 2 is 1.83 bits per heavy atom. The van der Waals surface area contributed by atoms with Crippen LogP contribution in [0.2, 0.25) is 0 Å². The lowest BCUT2D eigenvalue weighted by Gasteiger charge is -2.38. The number of hydrogen-bond acceptors (Lipinski definition) is 4. The van der Waals surface area contributed by atoms with Gasteiger partial charge in [-0.25, -0.2) is 0 Å². The van der Waals surface area contributed by atoms with Crippen molar-refractivity contribution in [3.63, 3.8) is 0 Å². The normalized spacial score (nSPS) is 24.0. The number of carbonyl (C=O) groups is 3. The maximum absolute atomic E-state index is 12.4. The minimum atomic E-state index is -0.147. The summed E-state index contributed by atoms with van der Waals surface area (Å²) in [4.78, 5) is 42.0. The second-order valence-corrected chi connectivity index (χ2v) is 7.15. The Morgan fingerprint density at radius 3 is 2.46 bits per heavy atom. The molecular formula is C17H28N4O3. The van der Waals surface area contributed by atoms with E-state index >= 15 is 0 Å². The number of piperazine rings is 1. The van der Waals surface area contributed by atoms with Crippen molar-refractivity contribution >= 4 is 17.7 Å². The average Bonchev–Trinajstić information content (AvgIpc) is 3.40. The fourth-order valence-corrected chi connectivity index (χ4v) is 3.37. The van der Waals surface area contributed by atoms with E-state index in [4.69, 9.17) is 0 Å². The van der Waals surface area contributed by atoms with E-state index in [2.05, 4.69) is 10.2 Å². The van der Waals surface area contributed by atoms with E-state index < -0.39 is 0 Å². The standard InChI is InChI=1S/C17H28N4O3/c1-13(17(24)18-14-5-6-14)19-8-10-20(11-9-19)16(23)12-21-7-3-2-4-15(21)22/h13-14H,2-12H2,1H3,(H,18,24). The summed E-state index contributed by atoms with van der Waals surface area (Å²) in [5.74, 6) is 0.217. The van der Waals surface area contributed by atoms with Crippen LogP contribution in [0.3, 0.4) is 0 Å². The van der Waals surface area contributed by atoms with Crippen LogP contribution in [0.4, 0.5) is 0 Å². The van der Waals surface area contributed by atoms with E-state index in [1.54, 1.807) is 4.90 Å². The lowest BCUT2D eigenvalue weighted by Crippen LogP contribution is -2.56. The lowest BCUT2D eigenvalue weighted by atomic mass is 10.1. The van der Waals surface area contributed by atoms with Crippen molar-refractivity contribution in [3.8, 4) is 0 Å². The molecule has 24 heavy (non-hydrogen) atoms. The molecule has 3 fully saturated rings. The van der Waals surface area contributed by atoms with Crippen molar-refractivity contribution in [2.45, 2.75) is 51.1 Å². The third kappa shape index (κ3) is 4.26. The van der Waals surface area contributed by atoms with Gasteiger partial charge in [-0.3, -0.25) is 19.3 Å². The minimum absolute atomic E-state index is 0.0278. The molecule has 2 heterocycles. The van der Waals surface area contributed by atoms with Gasteiger partial charge in [0.2, 0.25) is 17.7 Å². The quantitative estimate of drug-likeness (QED) is 0.755. The number of likely N-dealkylation sites (tertiary alicyclic amines) is 1. The molecule has 2 saturated heterocycles. The molecule has 1 aliphatic carbocycles. The van der Waals surface area contributed by atoms with E-state index in [-0.39, 0.29) is 30.3 Å². The molecule has 0 aromatic carbocycles. The third-order valence-electron chi connectivity index (χ3n) is 5.27. The molecule has 1 N–H and O–H groups in total. The van der Waals surface area contributed by atoms with Crippen molar-refractivity contribution in [3.05, 3.63) is 0 Å². The van der Waals surface area contributed by atoms with Gasteiger partial charge in [0.25, 0.3) is 0 Å². The van der Waals surface area contributed by atoms with Gasteiger partial charge in [-0.05, 0) is 32.6 Å². The molecule has 0 aromatic rings. The van der Waals surface area contributed by atoms with Crippen molar-refractivity contribution in [2.75, 3.05) is 39.3 Å². The zero-order valence-corrected chi connectivity index (χ0v) is 14.5. The van der Waals surface area contributed by atoms with Crippen LogP contribution < -0.4 is 5.32 Å². The monoisotopic (exact) mass is 336 g/mol. The van der Waals surface area contributed by atoms with E-state index in [0.29, 0.717) is 45.2 Å². The Morgan fingerprint density at radius 1 is 1.12 bits per heavy atom. The fourth-order valence-electron chi connectivity index (χ4n) is 3.37. The number of amides is 3. The smallest absolute Gasteiger partial charge is 0.242 e. The molecule has 7 nitrogen and oxygen atoms in total. The second kappa shape index (κ2) is 7.51. The molecule has 1 unspecified atom stereocenters. The summed E-state index contributed by atoms with van der Waals surface area (Å²) in [6, 6.07) is 0.233. The molecule has 3 aliphatic rings. The van der Waals surface area contributed by atoms with E-state index in [9.17, 15) is 14.4 Å².